The third kappa shape index (κ3) is 4.37. The Kier molecular flexibility index (Phi) is 5.53. The monoisotopic (exact) mass is 385 g/mol. The minimum absolute atomic E-state index is 0.338. The lowest BCUT2D eigenvalue weighted by Gasteiger charge is -2.38. The summed E-state index contributed by atoms with van der Waals surface area (Å²) in [5, 5.41) is 9.42. The first-order valence-electron chi connectivity index (χ1n) is 9.74. The van der Waals surface area contributed by atoms with Gasteiger partial charge in [-0.25, -0.2) is 0 Å². The zero-order valence-corrected chi connectivity index (χ0v) is 16.8. The highest BCUT2D eigenvalue weighted by Crippen LogP contribution is 2.28. The van der Waals surface area contributed by atoms with E-state index in [1.807, 2.05) is 18.3 Å². The Morgan fingerprint density at radius 3 is 2.63 bits per heavy atom. The number of anilines is 1. The molecule has 1 fully saturated rings. The number of benzene rings is 1. The molecule has 0 radical (unpaired) electrons. The Hall–Kier alpha value is -1.82. The van der Waals surface area contributed by atoms with E-state index in [0.29, 0.717) is 18.2 Å². The molecule has 1 saturated carbocycles. The Bertz CT molecular complexity index is 815. The zero-order valence-electron chi connectivity index (χ0n) is 16.0. The van der Waals surface area contributed by atoms with Gasteiger partial charge in [-0.1, -0.05) is 11.6 Å². The SMILES string of the molecule is CN1C=CC(NC2CCC(Nc3ccnc4cc(Cl)ccc34)CC2)N(C)C1. The molecule has 27 heavy (non-hydrogen) atoms. The van der Waals surface area contributed by atoms with Crippen LogP contribution in [0.15, 0.2) is 42.7 Å². The number of halogens is 1. The molecule has 2 N–H and O–H groups in total. The van der Waals surface area contributed by atoms with Crippen molar-refractivity contribution in [2.45, 2.75) is 43.9 Å². The molecule has 0 bridgehead atoms. The summed E-state index contributed by atoms with van der Waals surface area (Å²) in [7, 11) is 4.28. The molecule has 6 heteroatoms. The van der Waals surface area contributed by atoms with E-state index < -0.39 is 0 Å². The van der Waals surface area contributed by atoms with Gasteiger partial charge in [-0.05, 0) is 69.3 Å². The first kappa shape index (κ1) is 18.5. The first-order valence-corrected chi connectivity index (χ1v) is 10.1. The molecule has 2 aromatic rings. The highest BCUT2D eigenvalue weighted by molar-refractivity contribution is 6.31. The number of hydrogen-bond acceptors (Lipinski definition) is 5. The number of rotatable bonds is 4. The van der Waals surface area contributed by atoms with Gasteiger partial charge in [0, 0.05) is 41.4 Å². The predicted molar refractivity (Wildman–Crippen MR) is 113 cm³/mol. The van der Waals surface area contributed by atoms with Crippen LogP contribution in [0.4, 0.5) is 5.69 Å². The number of hydrogen-bond donors (Lipinski definition) is 2. The fraction of sp³-hybridized carbons (Fsp3) is 0.476. The molecule has 2 heterocycles. The van der Waals surface area contributed by atoms with Gasteiger partial charge in [0.05, 0.1) is 18.4 Å². The molecule has 1 unspecified atom stereocenters. The summed E-state index contributed by atoms with van der Waals surface area (Å²) in [6, 6.07) is 9.07. The zero-order chi connectivity index (χ0) is 18.8. The summed E-state index contributed by atoms with van der Waals surface area (Å²) in [4.78, 5) is 8.98. The van der Waals surface area contributed by atoms with E-state index in [-0.39, 0.29) is 0 Å². The van der Waals surface area contributed by atoms with Crippen LogP contribution in [-0.2, 0) is 0 Å². The van der Waals surface area contributed by atoms with E-state index >= 15 is 0 Å². The molecule has 0 saturated heterocycles. The summed E-state index contributed by atoms with van der Waals surface area (Å²) in [6.45, 7) is 0.963. The topological polar surface area (TPSA) is 43.4 Å². The second kappa shape index (κ2) is 8.05. The van der Waals surface area contributed by atoms with Gasteiger partial charge in [0.1, 0.15) is 0 Å². The fourth-order valence-electron chi connectivity index (χ4n) is 4.16. The lowest BCUT2D eigenvalue weighted by molar-refractivity contribution is 0.137. The van der Waals surface area contributed by atoms with E-state index in [1.165, 1.54) is 25.7 Å². The number of pyridine rings is 1. The van der Waals surface area contributed by atoms with E-state index in [0.717, 1.165) is 28.3 Å². The van der Waals surface area contributed by atoms with Crippen LogP contribution < -0.4 is 10.6 Å². The molecule has 2 aliphatic rings. The van der Waals surface area contributed by atoms with Crippen LogP contribution in [-0.4, -0.2) is 53.8 Å². The van der Waals surface area contributed by atoms with Crippen molar-refractivity contribution in [3.63, 3.8) is 0 Å². The average Bonchev–Trinajstić information content (AvgIpc) is 2.65. The van der Waals surface area contributed by atoms with E-state index in [9.17, 15) is 0 Å². The first-order chi connectivity index (χ1) is 13.1. The van der Waals surface area contributed by atoms with Crippen molar-refractivity contribution in [3.05, 3.63) is 47.8 Å². The molecule has 1 atom stereocenters. The molecule has 1 aromatic carbocycles. The molecule has 144 valence electrons. The fourth-order valence-corrected chi connectivity index (χ4v) is 4.32. The van der Waals surface area contributed by atoms with Crippen molar-refractivity contribution in [1.82, 2.24) is 20.1 Å². The van der Waals surface area contributed by atoms with E-state index in [4.69, 9.17) is 11.6 Å². The molecular formula is C21H28ClN5. The van der Waals surface area contributed by atoms with Crippen molar-refractivity contribution >= 4 is 28.2 Å². The van der Waals surface area contributed by atoms with Crippen molar-refractivity contribution in [2.24, 2.45) is 0 Å². The molecule has 0 amide bonds. The summed E-state index contributed by atoms with van der Waals surface area (Å²) in [6.07, 6.45) is 11.4. The average molecular weight is 386 g/mol. The minimum atomic E-state index is 0.338. The van der Waals surface area contributed by atoms with Crippen molar-refractivity contribution in [2.75, 3.05) is 26.1 Å². The Morgan fingerprint density at radius 1 is 1.07 bits per heavy atom. The Labute approximate surface area is 166 Å². The third-order valence-electron chi connectivity index (χ3n) is 5.64. The quantitative estimate of drug-likeness (QED) is 0.836. The summed E-state index contributed by atoms with van der Waals surface area (Å²) >= 11 is 6.10. The van der Waals surface area contributed by atoms with Crippen molar-refractivity contribution in [1.29, 1.82) is 0 Å². The highest BCUT2D eigenvalue weighted by Gasteiger charge is 2.25. The van der Waals surface area contributed by atoms with Crippen LogP contribution >= 0.6 is 11.6 Å². The molecule has 0 spiro atoms. The predicted octanol–water partition coefficient (Wildman–Crippen LogP) is 3.88. The van der Waals surface area contributed by atoms with Crippen molar-refractivity contribution in [3.8, 4) is 0 Å². The van der Waals surface area contributed by atoms with Gasteiger partial charge in [0.2, 0.25) is 0 Å². The van der Waals surface area contributed by atoms with E-state index in [1.54, 1.807) is 0 Å². The van der Waals surface area contributed by atoms with Gasteiger partial charge in [0.25, 0.3) is 0 Å². The number of nitrogens with zero attached hydrogens (tertiary/aromatic N) is 3. The lowest BCUT2D eigenvalue weighted by Crippen LogP contribution is -2.52. The Morgan fingerprint density at radius 2 is 1.85 bits per heavy atom. The van der Waals surface area contributed by atoms with Crippen LogP contribution in [0.25, 0.3) is 10.9 Å². The van der Waals surface area contributed by atoms with Gasteiger partial charge in [0.15, 0.2) is 0 Å². The van der Waals surface area contributed by atoms with Gasteiger partial charge in [-0.2, -0.15) is 0 Å². The molecule has 1 aromatic heterocycles. The number of aromatic nitrogens is 1. The highest BCUT2D eigenvalue weighted by atomic mass is 35.5. The summed E-state index contributed by atoms with van der Waals surface area (Å²) in [5.41, 5.74) is 2.10. The van der Waals surface area contributed by atoms with Crippen LogP contribution in [0.1, 0.15) is 25.7 Å². The van der Waals surface area contributed by atoms with Gasteiger partial charge >= 0.3 is 0 Å². The maximum Gasteiger partial charge on any atom is 0.0820 e. The Balaban J connectivity index is 1.34. The second-order valence-electron chi connectivity index (χ2n) is 7.82. The minimum Gasteiger partial charge on any atom is -0.382 e. The smallest absolute Gasteiger partial charge is 0.0820 e. The maximum atomic E-state index is 6.10. The van der Waals surface area contributed by atoms with Crippen LogP contribution in [0.3, 0.4) is 0 Å². The van der Waals surface area contributed by atoms with E-state index in [2.05, 4.69) is 63.9 Å². The van der Waals surface area contributed by atoms with Gasteiger partial charge < -0.3 is 10.2 Å². The van der Waals surface area contributed by atoms with Crippen molar-refractivity contribution < 1.29 is 0 Å². The number of likely N-dealkylation sites (N-methyl/N-ethyl adjacent to an activating group) is 1. The largest absolute Gasteiger partial charge is 0.382 e. The number of nitrogens with one attached hydrogen (secondary N) is 2. The molecule has 1 aliphatic heterocycles. The van der Waals surface area contributed by atoms with Gasteiger partial charge in [-0.15, -0.1) is 0 Å². The number of fused-ring (bicyclic) bond motifs is 1. The second-order valence-corrected chi connectivity index (χ2v) is 8.26. The molecule has 4 rings (SSSR count). The normalized spacial score (nSPS) is 26.5. The standard InChI is InChI=1S/C21H28ClN5/c1-26-12-10-21(27(2)14-26)25-17-6-4-16(5-7-17)24-19-9-11-23-20-13-15(22)3-8-18(19)20/h3,8-13,16-17,21,25H,4-7,14H2,1-2H3,(H,23,24). The molecular weight excluding hydrogens is 358 g/mol. The van der Waals surface area contributed by atoms with Crippen LogP contribution in [0.5, 0.6) is 0 Å². The molecule has 1 aliphatic carbocycles. The van der Waals surface area contributed by atoms with Gasteiger partial charge in [-0.3, -0.25) is 15.2 Å². The maximum absolute atomic E-state index is 6.10. The lowest BCUT2D eigenvalue weighted by atomic mass is 9.90. The summed E-state index contributed by atoms with van der Waals surface area (Å²) < 4.78 is 0. The van der Waals surface area contributed by atoms with Crippen LogP contribution in [0, 0.1) is 0 Å². The summed E-state index contributed by atoms with van der Waals surface area (Å²) in [5.74, 6) is 0. The third-order valence-corrected chi connectivity index (χ3v) is 5.88. The molecule has 5 nitrogen and oxygen atoms in total. The van der Waals surface area contributed by atoms with Crippen LogP contribution in [0.2, 0.25) is 5.02 Å².